The largest absolute Gasteiger partial charge is 0.477 e. The lowest BCUT2D eigenvalue weighted by Gasteiger charge is -2.10. The van der Waals surface area contributed by atoms with E-state index in [0.29, 0.717) is 0 Å². The number of amides is 1. The maximum Gasteiger partial charge on any atom is 0.235 e. The normalized spacial score (nSPS) is 10.1. The number of nitrogens with one attached hydrogen (secondary N) is 1. The lowest BCUT2D eigenvalue weighted by Crippen LogP contribution is -2.17. The molecular weight excluding hydrogens is 318 g/mol. The molecule has 24 heavy (non-hydrogen) atoms. The van der Waals surface area contributed by atoms with Gasteiger partial charge in [-0.1, -0.05) is 0 Å². The number of benzene rings is 1. The third-order valence-corrected chi connectivity index (χ3v) is 3.04. The molecule has 0 unspecified atom stereocenters. The zero-order chi connectivity index (χ0) is 17.7. The number of anilines is 2. The minimum Gasteiger partial charge on any atom is -0.477 e. The monoisotopic (exact) mass is 332 g/mol. The van der Waals surface area contributed by atoms with Crippen molar-refractivity contribution in [3.05, 3.63) is 47.0 Å². The van der Waals surface area contributed by atoms with Gasteiger partial charge in [-0.05, 0) is 25.1 Å². The number of nitriles is 1. The van der Waals surface area contributed by atoms with Crippen molar-refractivity contribution in [2.45, 2.75) is 13.3 Å². The van der Waals surface area contributed by atoms with Crippen LogP contribution in [0.3, 0.4) is 0 Å². The Balaban J connectivity index is 2.20. The Bertz CT molecular complexity index is 818. The van der Waals surface area contributed by atoms with Gasteiger partial charge in [0.05, 0.1) is 18.7 Å². The average molecular weight is 332 g/mol. The molecule has 2 aromatic rings. The van der Waals surface area contributed by atoms with Gasteiger partial charge in [-0.25, -0.2) is 8.78 Å². The van der Waals surface area contributed by atoms with Gasteiger partial charge in [-0.15, -0.1) is 0 Å². The topological polar surface area (TPSA) is 101 Å². The molecule has 0 fully saturated rings. The molecular formula is C16H14F2N4O2. The Morgan fingerprint density at radius 1 is 1.42 bits per heavy atom. The summed E-state index contributed by atoms with van der Waals surface area (Å²) in [5.41, 5.74) is 5.80. The van der Waals surface area contributed by atoms with Gasteiger partial charge in [0.2, 0.25) is 11.8 Å². The fraction of sp³-hybridized carbons (Fsp3) is 0.188. The molecule has 6 nitrogen and oxygen atoms in total. The molecule has 3 N–H and O–H groups in total. The van der Waals surface area contributed by atoms with E-state index in [1.165, 1.54) is 6.07 Å². The summed E-state index contributed by atoms with van der Waals surface area (Å²) < 4.78 is 31.9. The molecule has 124 valence electrons. The maximum atomic E-state index is 13.6. The molecule has 0 saturated carbocycles. The van der Waals surface area contributed by atoms with Gasteiger partial charge in [0.1, 0.15) is 29.1 Å². The Morgan fingerprint density at radius 3 is 2.83 bits per heavy atom. The zero-order valence-electron chi connectivity index (χ0n) is 12.8. The van der Waals surface area contributed by atoms with Crippen LogP contribution in [-0.4, -0.2) is 17.5 Å². The summed E-state index contributed by atoms with van der Waals surface area (Å²) in [7, 11) is 0. The van der Waals surface area contributed by atoms with Crippen LogP contribution in [0.25, 0.3) is 0 Å². The first-order valence-corrected chi connectivity index (χ1v) is 7.01. The summed E-state index contributed by atoms with van der Waals surface area (Å²) in [5, 5.41) is 11.5. The highest BCUT2D eigenvalue weighted by atomic mass is 19.1. The number of aromatic nitrogens is 1. The number of hydrogen-bond donors (Lipinski definition) is 2. The summed E-state index contributed by atoms with van der Waals surface area (Å²) in [6.45, 7) is 1.96. The Labute approximate surface area is 136 Å². The van der Waals surface area contributed by atoms with E-state index < -0.39 is 17.5 Å². The summed E-state index contributed by atoms with van der Waals surface area (Å²) in [6, 6.07) is 6.02. The zero-order valence-corrected chi connectivity index (χ0v) is 12.8. The SMILES string of the molecule is CCOc1nc(NC(=O)Cc2cc(F)ccc2F)cc(N)c1C#N. The second-order valence-electron chi connectivity index (χ2n) is 4.78. The average Bonchev–Trinajstić information content (AvgIpc) is 2.51. The molecule has 0 atom stereocenters. The fourth-order valence-corrected chi connectivity index (χ4v) is 2.00. The van der Waals surface area contributed by atoms with Crippen molar-refractivity contribution < 1.29 is 18.3 Å². The van der Waals surface area contributed by atoms with E-state index in [-0.39, 0.29) is 41.5 Å². The predicted molar refractivity (Wildman–Crippen MR) is 83.2 cm³/mol. The van der Waals surface area contributed by atoms with Crippen molar-refractivity contribution in [1.29, 1.82) is 5.26 Å². The van der Waals surface area contributed by atoms with Gasteiger partial charge in [-0.3, -0.25) is 4.79 Å². The van der Waals surface area contributed by atoms with Crippen molar-refractivity contribution in [3.63, 3.8) is 0 Å². The minimum absolute atomic E-state index is 0.00719. The Hall–Kier alpha value is -3.21. The van der Waals surface area contributed by atoms with Crippen molar-refractivity contribution in [3.8, 4) is 11.9 Å². The first kappa shape index (κ1) is 17.1. The number of carbonyl (C=O) groups is 1. The van der Waals surface area contributed by atoms with Crippen LogP contribution in [0.2, 0.25) is 0 Å². The van der Waals surface area contributed by atoms with Crippen LogP contribution in [-0.2, 0) is 11.2 Å². The van der Waals surface area contributed by atoms with Crippen LogP contribution in [0, 0.1) is 23.0 Å². The van der Waals surface area contributed by atoms with Crippen molar-refractivity contribution in [1.82, 2.24) is 4.98 Å². The molecule has 1 heterocycles. The number of carbonyl (C=O) groups excluding carboxylic acids is 1. The van der Waals surface area contributed by atoms with E-state index in [0.717, 1.165) is 18.2 Å². The summed E-state index contributed by atoms with van der Waals surface area (Å²) in [5.74, 6) is -1.89. The number of halogens is 2. The molecule has 0 bridgehead atoms. The predicted octanol–water partition coefficient (Wildman–Crippen LogP) is 2.39. The molecule has 0 radical (unpaired) electrons. The second-order valence-corrected chi connectivity index (χ2v) is 4.78. The molecule has 0 spiro atoms. The van der Waals surface area contributed by atoms with E-state index in [9.17, 15) is 13.6 Å². The van der Waals surface area contributed by atoms with Crippen LogP contribution in [0.1, 0.15) is 18.1 Å². The second kappa shape index (κ2) is 7.37. The number of nitrogen functional groups attached to an aromatic ring is 1. The first-order chi connectivity index (χ1) is 11.4. The number of ether oxygens (including phenoxy) is 1. The van der Waals surface area contributed by atoms with Crippen molar-refractivity contribution >= 4 is 17.4 Å². The molecule has 8 heteroatoms. The highest BCUT2D eigenvalue weighted by Gasteiger charge is 2.15. The smallest absolute Gasteiger partial charge is 0.235 e. The van der Waals surface area contributed by atoms with Gasteiger partial charge < -0.3 is 15.8 Å². The van der Waals surface area contributed by atoms with Gasteiger partial charge in [0.25, 0.3) is 0 Å². The fourth-order valence-electron chi connectivity index (χ4n) is 2.00. The number of nitrogens with zero attached hydrogens (tertiary/aromatic N) is 2. The number of rotatable bonds is 5. The van der Waals surface area contributed by atoms with Crippen LogP contribution >= 0.6 is 0 Å². The quantitative estimate of drug-likeness (QED) is 0.875. The third kappa shape index (κ3) is 3.95. The van der Waals surface area contributed by atoms with E-state index >= 15 is 0 Å². The number of pyridine rings is 1. The maximum absolute atomic E-state index is 13.6. The highest BCUT2D eigenvalue weighted by Crippen LogP contribution is 2.25. The third-order valence-electron chi connectivity index (χ3n) is 3.04. The van der Waals surface area contributed by atoms with Gasteiger partial charge >= 0.3 is 0 Å². The summed E-state index contributed by atoms with van der Waals surface area (Å²) in [6.07, 6.45) is -0.380. The van der Waals surface area contributed by atoms with Gasteiger partial charge in [0, 0.05) is 11.6 Å². The highest BCUT2D eigenvalue weighted by molar-refractivity contribution is 5.92. The Kier molecular flexibility index (Phi) is 5.27. The number of nitrogens with two attached hydrogens (primary N) is 1. The minimum atomic E-state index is -0.686. The van der Waals surface area contributed by atoms with Crippen molar-refractivity contribution in [2.24, 2.45) is 0 Å². The van der Waals surface area contributed by atoms with Crippen molar-refractivity contribution in [2.75, 3.05) is 17.7 Å². The van der Waals surface area contributed by atoms with Gasteiger partial charge in [-0.2, -0.15) is 10.2 Å². The van der Waals surface area contributed by atoms with E-state index in [4.69, 9.17) is 15.7 Å². The van der Waals surface area contributed by atoms with Gasteiger partial charge in [0.15, 0.2) is 0 Å². The summed E-state index contributed by atoms with van der Waals surface area (Å²) in [4.78, 5) is 16.0. The lowest BCUT2D eigenvalue weighted by atomic mass is 10.1. The van der Waals surface area contributed by atoms with Crippen LogP contribution in [0.5, 0.6) is 5.88 Å². The lowest BCUT2D eigenvalue weighted by molar-refractivity contribution is -0.115. The first-order valence-electron chi connectivity index (χ1n) is 7.01. The van der Waals surface area contributed by atoms with E-state index in [2.05, 4.69) is 10.3 Å². The Morgan fingerprint density at radius 2 is 2.17 bits per heavy atom. The molecule has 1 amide bonds. The molecule has 0 saturated heterocycles. The van der Waals surface area contributed by atoms with E-state index in [1.54, 1.807) is 6.92 Å². The van der Waals surface area contributed by atoms with Crippen LogP contribution in [0.15, 0.2) is 24.3 Å². The molecule has 0 aliphatic rings. The van der Waals surface area contributed by atoms with Crippen LogP contribution in [0.4, 0.5) is 20.3 Å². The summed E-state index contributed by atoms with van der Waals surface area (Å²) >= 11 is 0. The molecule has 2 rings (SSSR count). The molecule has 1 aromatic carbocycles. The number of hydrogen-bond acceptors (Lipinski definition) is 5. The molecule has 1 aromatic heterocycles. The van der Waals surface area contributed by atoms with Crippen LogP contribution < -0.4 is 15.8 Å². The standard InChI is InChI=1S/C16H14F2N4O2/c1-2-24-16-11(8-19)13(20)7-14(22-16)21-15(23)6-9-5-10(17)3-4-12(9)18/h3-5,7H,2,6H2,1H3,(H3,20,21,22,23). The van der Waals surface area contributed by atoms with E-state index in [1.807, 2.05) is 6.07 Å². The molecule has 0 aliphatic carbocycles. The molecule has 0 aliphatic heterocycles.